The van der Waals surface area contributed by atoms with Crippen molar-refractivity contribution in [3.05, 3.63) is 103 Å². The second-order valence-corrected chi connectivity index (χ2v) is 7.08. The zero-order valence-corrected chi connectivity index (χ0v) is 16.8. The van der Waals surface area contributed by atoms with Crippen LogP contribution >= 0.6 is 0 Å². The third-order valence-electron chi connectivity index (χ3n) is 4.93. The molecule has 0 fully saturated rings. The molecule has 4 aromatic rings. The molecule has 0 unspecified atom stereocenters. The summed E-state index contributed by atoms with van der Waals surface area (Å²) in [5.41, 5.74) is 8.13. The molecule has 0 aliphatic rings. The first-order valence-corrected chi connectivity index (χ1v) is 9.73. The SMILES string of the molecule is COCOc1ccc(C)cc1-c1cc(-c2ccccc2)cc(-c2ccccc2)c1. The average molecular weight is 380 g/mol. The zero-order chi connectivity index (χ0) is 20.1. The molecule has 0 aromatic heterocycles. The van der Waals surface area contributed by atoms with Crippen LogP contribution in [0, 0.1) is 6.92 Å². The van der Waals surface area contributed by atoms with Crippen LogP contribution in [0.1, 0.15) is 5.56 Å². The second-order valence-electron chi connectivity index (χ2n) is 7.08. The summed E-state index contributed by atoms with van der Waals surface area (Å²) in [5.74, 6) is 0.821. The van der Waals surface area contributed by atoms with Gasteiger partial charge in [0, 0.05) is 12.7 Å². The fraction of sp³-hybridized carbons (Fsp3) is 0.111. The van der Waals surface area contributed by atoms with Gasteiger partial charge < -0.3 is 9.47 Å². The predicted molar refractivity (Wildman–Crippen MR) is 120 cm³/mol. The Kier molecular flexibility index (Phi) is 5.73. The topological polar surface area (TPSA) is 18.5 Å². The molecule has 0 saturated heterocycles. The molecule has 0 N–H and O–H groups in total. The first-order valence-electron chi connectivity index (χ1n) is 9.73. The highest BCUT2D eigenvalue weighted by Crippen LogP contribution is 2.37. The number of aryl methyl sites for hydroxylation is 1. The van der Waals surface area contributed by atoms with Crippen molar-refractivity contribution in [2.45, 2.75) is 6.92 Å². The van der Waals surface area contributed by atoms with Crippen molar-refractivity contribution < 1.29 is 9.47 Å². The van der Waals surface area contributed by atoms with Crippen molar-refractivity contribution in [3.8, 4) is 39.1 Å². The maximum absolute atomic E-state index is 5.86. The zero-order valence-electron chi connectivity index (χ0n) is 16.8. The monoisotopic (exact) mass is 380 g/mol. The van der Waals surface area contributed by atoms with E-state index in [0.29, 0.717) is 0 Å². The van der Waals surface area contributed by atoms with Gasteiger partial charge in [-0.2, -0.15) is 0 Å². The lowest BCUT2D eigenvalue weighted by Gasteiger charge is -2.15. The fourth-order valence-corrected chi connectivity index (χ4v) is 3.50. The smallest absolute Gasteiger partial charge is 0.188 e. The molecular formula is C27H24O2. The van der Waals surface area contributed by atoms with Gasteiger partial charge in [-0.1, -0.05) is 72.3 Å². The minimum atomic E-state index is 0.222. The molecular weight excluding hydrogens is 356 g/mol. The largest absolute Gasteiger partial charge is 0.467 e. The molecule has 0 amide bonds. The Morgan fingerprint density at radius 2 is 1.14 bits per heavy atom. The van der Waals surface area contributed by atoms with E-state index < -0.39 is 0 Å². The number of methoxy groups -OCH3 is 1. The van der Waals surface area contributed by atoms with Crippen LogP contribution in [-0.2, 0) is 4.74 Å². The third-order valence-corrected chi connectivity index (χ3v) is 4.93. The van der Waals surface area contributed by atoms with Gasteiger partial charge in [-0.15, -0.1) is 0 Å². The standard InChI is InChI=1S/C27H24O2/c1-20-13-14-27(29-19-28-2)26(15-20)25-17-23(21-9-5-3-6-10-21)16-24(18-25)22-11-7-4-8-12-22/h3-18H,19H2,1-2H3. The number of rotatable bonds is 6. The van der Waals surface area contributed by atoms with E-state index in [9.17, 15) is 0 Å². The molecule has 29 heavy (non-hydrogen) atoms. The van der Waals surface area contributed by atoms with Crippen molar-refractivity contribution in [2.24, 2.45) is 0 Å². The Balaban J connectivity index is 1.91. The summed E-state index contributed by atoms with van der Waals surface area (Å²) < 4.78 is 11.0. The van der Waals surface area contributed by atoms with Gasteiger partial charge in [0.1, 0.15) is 5.75 Å². The van der Waals surface area contributed by atoms with E-state index >= 15 is 0 Å². The molecule has 2 nitrogen and oxygen atoms in total. The van der Waals surface area contributed by atoms with Gasteiger partial charge in [-0.05, 0) is 65.1 Å². The summed E-state index contributed by atoms with van der Waals surface area (Å²) in [5, 5.41) is 0. The first kappa shape index (κ1) is 19.0. The van der Waals surface area contributed by atoms with Crippen LogP contribution in [0.2, 0.25) is 0 Å². The molecule has 0 spiro atoms. The van der Waals surface area contributed by atoms with E-state index in [-0.39, 0.29) is 6.79 Å². The minimum absolute atomic E-state index is 0.222. The molecule has 0 atom stereocenters. The quantitative estimate of drug-likeness (QED) is 0.336. The van der Waals surface area contributed by atoms with E-state index in [0.717, 1.165) is 16.9 Å². The summed E-state index contributed by atoms with van der Waals surface area (Å²) in [4.78, 5) is 0. The summed E-state index contributed by atoms with van der Waals surface area (Å²) in [6.07, 6.45) is 0. The van der Waals surface area contributed by atoms with Crippen molar-refractivity contribution in [3.63, 3.8) is 0 Å². The minimum Gasteiger partial charge on any atom is -0.467 e. The van der Waals surface area contributed by atoms with Crippen LogP contribution in [0.25, 0.3) is 33.4 Å². The van der Waals surface area contributed by atoms with Crippen LogP contribution in [0.5, 0.6) is 5.75 Å². The molecule has 2 heteroatoms. The van der Waals surface area contributed by atoms with E-state index in [2.05, 4.69) is 85.8 Å². The van der Waals surface area contributed by atoms with E-state index in [4.69, 9.17) is 9.47 Å². The Morgan fingerprint density at radius 1 is 0.586 bits per heavy atom. The molecule has 4 rings (SSSR count). The third kappa shape index (κ3) is 4.39. The molecule has 0 bridgehead atoms. The lowest BCUT2D eigenvalue weighted by molar-refractivity contribution is 0.0515. The molecule has 0 aliphatic carbocycles. The van der Waals surface area contributed by atoms with Crippen molar-refractivity contribution >= 4 is 0 Å². The Morgan fingerprint density at radius 3 is 1.69 bits per heavy atom. The molecule has 0 radical (unpaired) electrons. The summed E-state index contributed by atoms with van der Waals surface area (Å²) >= 11 is 0. The number of ether oxygens (including phenoxy) is 2. The normalized spacial score (nSPS) is 10.7. The van der Waals surface area contributed by atoms with E-state index in [1.165, 1.54) is 27.8 Å². The van der Waals surface area contributed by atoms with E-state index in [1.807, 2.05) is 18.2 Å². The molecule has 0 heterocycles. The number of benzene rings is 4. The summed E-state index contributed by atoms with van der Waals surface area (Å²) in [7, 11) is 1.64. The van der Waals surface area contributed by atoms with Gasteiger partial charge >= 0.3 is 0 Å². The van der Waals surface area contributed by atoms with Gasteiger partial charge in [-0.25, -0.2) is 0 Å². The van der Waals surface area contributed by atoms with Gasteiger partial charge in [0.25, 0.3) is 0 Å². The lowest BCUT2D eigenvalue weighted by atomic mass is 9.92. The van der Waals surface area contributed by atoms with Gasteiger partial charge in [0.05, 0.1) is 0 Å². The Bertz CT molecular complexity index is 1030. The highest BCUT2D eigenvalue weighted by atomic mass is 16.7. The van der Waals surface area contributed by atoms with Crippen molar-refractivity contribution in [1.82, 2.24) is 0 Å². The van der Waals surface area contributed by atoms with Gasteiger partial charge in [0.2, 0.25) is 0 Å². The molecule has 0 saturated carbocycles. The number of hydrogen-bond donors (Lipinski definition) is 0. The van der Waals surface area contributed by atoms with Gasteiger partial charge in [0.15, 0.2) is 6.79 Å². The summed E-state index contributed by atoms with van der Waals surface area (Å²) in [6.45, 7) is 2.32. The fourth-order valence-electron chi connectivity index (χ4n) is 3.50. The maximum atomic E-state index is 5.86. The Hall–Kier alpha value is -3.36. The van der Waals surface area contributed by atoms with Gasteiger partial charge in [-0.3, -0.25) is 0 Å². The van der Waals surface area contributed by atoms with Crippen LogP contribution in [0.15, 0.2) is 97.1 Å². The highest BCUT2D eigenvalue weighted by molar-refractivity contribution is 5.83. The van der Waals surface area contributed by atoms with Crippen LogP contribution < -0.4 is 4.74 Å². The number of hydrogen-bond acceptors (Lipinski definition) is 2. The van der Waals surface area contributed by atoms with Crippen molar-refractivity contribution in [1.29, 1.82) is 0 Å². The first-order chi connectivity index (χ1) is 14.2. The Labute approximate surface area is 172 Å². The van der Waals surface area contributed by atoms with Crippen molar-refractivity contribution in [2.75, 3.05) is 13.9 Å². The lowest BCUT2D eigenvalue weighted by Crippen LogP contribution is -2.00. The average Bonchev–Trinajstić information content (AvgIpc) is 2.79. The van der Waals surface area contributed by atoms with Crippen LogP contribution in [0.4, 0.5) is 0 Å². The predicted octanol–water partition coefficient (Wildman–Crippen LogP) is 6.98. The molecule has 4 aromatic carbocycles. The molecule has 0 aliphatic heterocycles. The van der Waals surface area contributed by atoms with E-state index in [1.54, 1.807) is 7.11 Å². The maximum Gasteiger partial charge on any atom is 0.188 e. The second kappa shape index (κ2) is 8.76. The molecule has 144 valence electrons. The van der Waals surface area contributed by atoms with Crippen LogP contribution in [0.3, 0.4) is 0 Å². The highest BCUT2D eigenvalue weighted by Gasteiger charge is 2.11. The van der Waals surface area contributed by atoms with Crippen LogP contribution in [-0.4, -0.2) is 13.9 Å². The summed E-state index contributed by atoms with van der Waals surface area (Å²) in [6, 6.07) is 33.9.